The maximum atomic E-state index is 13.1. The summed E-state index contributed by atoms with van der Waals surface area (Å²) in [5, 5.41) is 4.29. The van der Waals surface area contributed by atoms with Crippen molar-refractivity contribution in [3.63, 3.8) is 0 Å². The molecule has 0 aliphatic rings. The van der Waals surface area contributed by atoms with Crippen molar-refractivity contribution in [3.05, 3.63) is 62.8 Å². The molecule has 1 unspecified atom stereocenters. The van der Waals surface area contributed by atoms with E-state index in [2.05, 4.69) is 9.84 Å². The van der Waals surface area contributed by atoms with Crippen LogP contribution in [0.1, 0.15) is 19.3 Å². The number of rotatable bonds is 7. The number of aromatic nitrogens is 3. The zero-order valence-corrected chi connectivity index (χ0v) is 19.3. The third-order valence-corrected chi connectivity index (χ3v) is 6.10. The molecule has 0 N–H and O–H groups in total. The van der Waals surface area contributed by atoms with Crippen LogP contribution in [0.5, 0.6) is 5.75 Å². The second-order valence-corrected chi connectivity index (χ2v) is 8.41. The van der Waals surface area contributed by atoms with Crippen molar-refractivity contribution in [2.45, 2.75) is 36.3 Å². The van der Waals surface area contributed by atoms with E-state index in [0.29, 0.717) is 15.7 Å². The second-order valence-electron chi connectivity index (χ2n) is 6.48. The van der Waals surface area contributed by atoms with E-state index in [-0.39, 0.29) is 21.1 Å². The molecule has 0 aliphatic carbocycles. The summed E-state index contributed by atoms with van der Waals surface area (Å²) >= 11 is 13.8. The largest absolute Gasteiger partial charge is 0.479 e. The smallest absolute Gasteiger partial charge is 0.355 e. The first-order valence-electron chi connectivity index (χ1n) is 9.10. The molecule has 7 nitrogen and oxygen atoms in total. The van der Waals surface area contributed by atoms with Gasteiger partial charge in [-0.05, 0) is 50.2 Å². The molecule has 3 rings (SSSR count). The van der Waals surface area contributed by atoms with Crippen LogP contribution in [-0.4, -0.2) is 33.5 Å². The fraction of sp³-hybridized carbons (Fsp3) is 0.250. The summed E-state index contributed by atoms with van der Waals surface area (Å²) < 4.78 is 37.5. The molecule has 0 radical (unpaired) electrons. The third kappa shape index (κ3) is 5.08. The van der Waals surface area contributed by atoms with Crippen LogP contribution in [-0.2, 0) is 9.53 Å². The lowest BCUT2D eigenvalue weighted by atomic mass is 10.3. The molecule has 1 atom stereocenters. The van der Waals surface area contributed by atoms with Crippen LogP contribution in [0.15, 0.2) is 51.0 Å². The topological polar surface area (TPSA) is 75.3 Å². The highest BCUT2D eigenvalue weighted by atomic mass is 35.5. The molecule has 32 heavy (non-hydrogen) atoms. The van der Waals surface area contributed by atoms with Gasteiger partial charge in [-0.2, -0.15) is 13.5 Å². The van der Waals surface area contributed by atoms with Crippen molar-refractivity contribution >= 4 is 40.9 Å². The summed E-state index contributed by atoms with van der Waals surface area (Å²) in [6.07, 6.45) is -0.762. The Balaban J connectivity index is 1.88. The number of ether oxygens (including phenoxy) is 2. The molecule has 0 saturated carbocycles. The van der Waals surface area contributed by atoms with Crippen LogP contribution in [0.2, 0.25) is 10.0 Å². The highest BCUT2D eigenvalue weighted by molar-refractivity contribution is 7.99. The number of esters is 1. The number of benzene rings is 2. The number of carbonyl (C=O) groups is 1. The van der Waals surface area contributed by atoms with Crippen molar-refractivity contribution in [1.82, 2.24) is 14.3 Å². The van der Waals surface area contributed by atoms with Crippen molar-refractivity contribution < 1.29 is 23.0 Å². The number of hydrogen-bond donors (Lipinski definition) is 0. The zero-order chi connectivity index (χ0) is 23.6. The molecule has 0 saturated heterocycles. The van der Waals surface area contributed by atoms with E-state index < -0.39 is 24.3 Å². The molecular weight excluding hydrogens is 487 g/mol. The first-order valence-corrected chi connectivity index (χ1v) is 10.7. The van der Waals surface area contributed by atoms with Crippen LogP contribution >= 0.6 is 35.0 Å². The van der Waals surface area contributed by atoms with E-state index in [1.54, 1.807) is 31.2 Å². The minimum atomic E-state index is -3.03. The van der Waals surface area contributed by atoms with Crippen molar-refractivity contribution in [1.29, 1.82) is 0 Å². The fourth-order valence-electron chi connectivity index (χ4n) is 2.75. The number of aryl methyl sites for hydroxylation is 1. The number of carbonyl (C=O) groups excluding carboxylic acids is 1. The van der Waals surface area contributed by atoms with E-state index >= 15 is 0 Å². The number of halogens is 4. The van der Waals surface area contributed by atoms with Crippen LogP contribution in [0.25, 0.3) is 5.69 Å². The van der Waals surface area contributed by atoms with Gasteiger partial charge in [0.15, 0.2) is 6.10 Å². The van der Waals surface area contributed by atoms with Crippen molar-refractivity contribution in [2.75, 3.05) is 7.11 Å². The molecule has 0 bridgehead atoms. The standard InChI is InChI=1S/C20H17Cl2F2N3O4S/c1-10(18(28)30-3)31-12-4-6-13(7-5-12)32-17-9-16(14(21)8-15(17)22)27-20(29)26(19(23)24)11(2)25-27/h4-10,19H,1-3H3. The summed E-state index contributed by atoms with van der Waals surface area (Å²) in [6, 6.07) is 9.75. The number of hydrogen-bond acceptors (Lipinski definition) is 6. The summed E-state index contributed by atoms with van der Waals surface area (Å²) in [4.78, 5) is 25.1. The Hall–Kier alpha value is -2.56. The van der Waals surface area contributed by atoms with E-state index in [9.17, 15) is 18.4 Å². The lowest BCUT2D eigenvalue weighted by molar-refractivity contribution is -0.147. The van der Waals surface area contributed by atoms with Crippen LogP contribution < -0.4 is 10.4 Å². The maximum Gasteiger partial charge on any atom is 0.355 e. The Kier molecular flexibility index (Phi) is 7.47. The Morgan fingerprint density at radius 2 is 1.81 bits per heavy atom. The summed E-state index contributed by atoms with van der Waals surface area (Å²) in [5.74, 6) is -0.180. The Morgan fingerprint density at radius 3 is 2.38 bits per heavy atom. The third-order valence-electron chi connectivity index (χ3n) is 4.30. The minimum absolute atomic E-state index is 0.0842. The van der Waals surface area contributed by atoms with Crippen molar-refractivity contribution in [2.24, 2.45) is 0 Å². The quantitative estimate of drug-likeness (QED) is 0.415. The lowest BCUT2D eigenvalue weighted by Gasteiger charge is -2.13. The van der Waals surface area contributed by atoms with Crippen LogP contribution in [0.4, 0.5) is 8.78 Å². The van der Waals surface area contributed by atoms with Gasteiger partial charge < -0.3 is 9.47 Å². The Morgan fingerprint density at radius 1 is 1.16 bits per heavy atom. The van der Waals surface area contributed by atoms with Gasteiger partial charge in [-0.25, -0.2) is 14.2 Å². The van der Waals surface area contributed by atoms with Gasteiger partial charge in [-0.1, -0.05) is 35.0 Å². The summed E-state index contributed by atoms with van der Waals surface area (Å²) in [5.41, 5.74) is -0.892. The van der Waals surface area contributed by atoms with Crippen LogP contribution in [0.3, 0.4) is 0 Å². The molecule has 2 aromatic carbocycles. The molecule has 3 aromatic rings. The molecule has 12 heteroatoms. The van der Waals surface area contributed by atoms with E-state index in [1.165, 1.54) is 37.9 Å². The Bertz CT molecular complexity index is 1200. The highest BCUT2D eigenvalue weighted by Gasteiger charge is 2.21. The van der Waals surface area contributed by atoms with Crippen molar-refractivity contribution in [3.8, 4) is 11.4 Å². The Labute approximate surface area is 195 Å². The normalized spacial score (nSPS) is 12.1. The van der Waals surface area contributed by atoms with Gasteiger partial charge in [-0.3, -0.25) is 0 Å². The lowest BCUT2D eigenvalue weighted by Crippen LogP contribution is -2.25. The molecule has 170 valence electrons. The number of methoxy groups -OCH3 is 1. The maximum absolute atomic E-state index is 13.1. The van der Waals surface area contributed by atoms with Gasteiger partial charge >= 0.3 is 18.2 Å². The predicted octanol–water partition coefficient (Wildman–Crippen LogP) is 5.14. The molecule has 0 fully saturated rings. The molecule has 0 amide bonds. The SMILES string of the molecule is COC(=O)C(C)Oc1ccc(Sc2cc(-n3nc(C)n(C(F)F)c3=O)c(Cl)cc2Cl)cc1. The molecular formula is C20H17Cl2F2N3O4S. The first-order chi connectivity index (χ1) is 15.1. The van der Waals surface area contributed by atoms with Gasteiger partial charge in [-0.15, -0.1) is 5.10 Å². The van der Waals surface area contributed by atoms with E-state index in [0.717, 1.165) is 9.58 Å². The average Bonchev–Trinajstić information content (AvgIpc) is 3.04. The van der Waals surface area contributed by atoms with Gasteiger partial charge in [0.1, 0.15) is 11.6 Å². The van der Waals surface area contributed by atoms with Gasteiger partial charge in [0.25, 0.3) is 0 Å². The molecule has 1 heterocycles. The highest BCUT2D eigenvalue weighted by Crippen LogP contribution is 2.38. The van der Waals surface area contributed by atoms with Gasteiger partial charge in [0.05, 0.1) is 22.8 Å². The zero-order valence-electron chi connectivity index (χ0n) is 17.0. The molecule has 1 aromatic heterocycles. The predicted molar refractivity (Wildman–Crippen MR) is 117 cm³/mol. The second kappa shape index (κ2) is 9.93. The molecule has 0 aliphatic heterocycles. The average molecular weight is 504 g/mol. The number of alkyl halides is 2. The summed E-state index contributed by atoms with van der Waals surface area (Å²) in [6.45, 7) is -0.157. The van der Waals surface area contributed by atoms with Gasteiger partial charge in [0, 0.05) is 9.79 Å². The fourth-order valence-corrected chi connectivity index (χ4v) is 4.18. The first kappa shape index (κ1) is 24.1. The minimum Gasteiger partial charge on any atom is -0.479 e. The van der Waals surface area contributed by atoms with Crippen LogP contribution in [0, 0.1) is 6.92 Å². The number of nitrogens with zero attached hydrogens (tertiary/aromatic N) is 3. The van der Waals surface area contributed by atoms with Gasteiger partial charge in [0.2, 0.25) is 0 Å². The molecule has 0 spiro atoms. The van der Waals surface area contributed by atoms with E-state index in [4.69, 9.17) is 27.9 Å². The summed E-state index contributed by atoms with van der Waals surface area (Å²) in [7, 11) is 1.28. The monoisotopic (exact) mass is 503 g/mol. The van der Waals surface area contributed by atoms with E-state index in [1.807, 2.05) is 0 Å².